The maximum Gasteiger partial charge on any atom is 0.334 e. The van der Waals surface area contributed by atoms with Crippen LogP contribution in [-0.2, 0) is 14.3 Å². The molecule has 1 atom stereocenters. The number of methoxy groups -OCH3 is 1. The highest BCUT2D eigenvalue weighted by Crippen LogP contribution is 2.18. The first-order valence-electron chi connectivity index (χ1n) is 4.05. The summed E-state index contributed by atoms with van der Waals surface area (Å²) in [5.74, 6) is -0.337. The minimum atomic E-state index is -0.458. The van der Waals surface area contributed by atoms with Crippen molar-refractivity contribution < 1.29 is 14.3 Å². The first kappa shape index (κ1) is 9.75. The van der Waals surface area contributed by atoms with Crippen LogP contribution in [0.15, 0.2) is 11.6 Å². The molecule has 0 radical (unpaired) electrons. The highest BCUT2D eigenvalue weighted by Gasteiger charge is 2.24. The molecule has 0 aromatic carbocycles. The largest absolute Gasteiger partial charge is 0.467 e. The van der Waals surface area contributed by atoms with Crippen molar-refractivity contribution in [1.82, 2.24) is 0 Å². The quantitative estimate of drug-likeness (QED) is 0.443. The van der Waals surface area contributed by atoms with Crippen LogP contribution in [-0.4, -0.2) is 25.8 Å². The van der Waals surface area contributed by atoms with Gasteiger partial charge >= 0.3 is 5.97 Å². The predicted molar refractivity (Wildman–Crippen MR) is 44.7 cm³/mol. The lowest BCUT2D eigenvalue weighted by atomic mass is 10.0. The molecule has 0 aliphatic carbocycles. The molecular formula is C9H11NO3. The summed E-state index contributed by atoms with van der Waals surface area (Å²) in [7, 11) is 1.34. The van der Waals surface area contributed by atoms with Crippen LogP contribution in [0.4, 0.5) is 0 Å². The Bertz CT molecular complexity index is 255. The minimum Gasteiger partial charge on any atom is -0.467 e. The molecule has 0 spiro atoms. The van der Waals surface area contributed by atoms with Crippen molar-refractivity contribution in [3.63, 3.8) is 0 Å². The van der Waals surface area contributed by atoms with Gasteiger partial charge in [0.1, 0.15) is 0 Å². The van der Waals surface area contributed by atoms with Crippen molar-refractivity contribution >= 4 is 5.97 Å². The highest BCUT2D eigenvalue weighted by atomic mass is 16.6. The smallest absolute Gasteiger partial charge is 0.334 e. The number of allylic oxidation sites excluding steroid dienone is 1. The van der Waals surface area contributed by atoms with E-state index in [-0.39, 0.29) is 5.97 Å². The van der Waals surface area contributed by atoms with Gasteiger partial charge in [-0.25, -0.2) is 4.79 Å². The molecule has 13 heavy (non-hydrogen) atoms. The summed E-state index contributed by atoms with van der Waals surface area (Å²) in [5, 5.41) is 8.37. The van der Waals surface area contributed by atoms with E-state index in [2.05, 4.69) is 4.74 Å². The Hall–Kier alpha value is -1.34. The summed E-state index contributed by atoms with van der Waals surface area (Å²) in [6.07, 6.45) is 2.34. The molecule has 4 nitrogen and oxygen atoms in total. The van der Waals surface area contributed by atoms with Gasteiger partial charge in [-0.1, -0.05) is 0 Å². The third kappa shape index (κ3) is 2.56. The van der Waals surface area contributed by atoms with Gasteiger partial charge in [0.15, 0.2) is 6.10 Å². The van der Waals surface area contributed by atoms with Crippen LogP contribution in [0.5, 0.6) is 0 Å². The minimum absolute atomic E-state index is 0.337. The molecule has 0 aromatic heterocycles. The van der Waals surface area contributed by atoms with Crippen LogP contribution >= 0.6 is 0 Å². The van der Waals surface area contributed by atoms with Crippen molar-refractivity contribution in [1.29, 1.82) is 5.26 Å². The van der Waals surface area contributed by atoms with E-state index in [1.807, 2.05) is 6.07 Å². The highest BCUT2D eigenvalue weighted by molar-refractivity contribution is 5.74. The van der Waals surface area contributed by atoms with Gasteiger partial charge in [0.25, 0.3) is 0 Å². The zero-order valence-corrected chi connectivity index (χ0v) is 7.45. The van der Waals surface area contributed by atoms with Gasteiger partial charge in [0.2, 0.25) is 0 Å². The second-order valence-corrected chi connectivity index (χ2v) is 2.79. The number of carbonyl (C=O) groups is 1. The fraction of sp³-hybridized carbons (Fsp3) is 0.556. The maximum absolute atomic E-state index is 11.0. The van der Waals surface area contributed by atoms with E-state index in [1.54, 1.807) is 0 Å². The van der Waals surface area contributed by atoms with Crippen molar-refractivity contribution in [3.8, 4) is 6.07 Å². The third-order valence-corrected chi connectivity index (χ3v) is 1.93. The number of carbonyl (C=O) groups excluding carboxylic acids is 1. The number of hydrogen-bond acceptors (Lipinski definition) is 4. The number of nitriles is 1. The zero-order valence-electron chi connectivity index (χ0n) is 7.45. The van der Waals surface area contributed by atoms with Gasteiger partial charge < -0.3 is 9.47 Å². The molecule has 1 aliphatic rings. The Labute approximate surface area is 76.7 Å². The molecule has 1 saturated heterocycles. The Morgan fingerprint density at radius 1 is 1.85 bits per heavy atom. The summed E-state index contributed by atoms with van der Waals surface area (Å²) in [4.78, 5) is 11.0. The third-order valence-electron chi connectivity index (χ3n) is 1.93. The summed E-state index contributed by atoms with van der Waals surface area (Å²) in [5.41, 5.74) is 0.933. The van der Waals surface area contributed by atoms with E-state index >= 15 is 0 Å². The monoisotopic (exact) mass is 181 g/mol. The molecule has 1 aliphatic heterocycles. The predicted octanol–water partition coefficient (Wildman–Crippen LogP) is 0.788. The Morgan fingerprint density at radius 3 is 3.08 bits per heavy atom. The normalized spacial score (nSPS) is 25.2. The Balaban J connectivity index is 2.44. The molecule has 0 N–H and O–H groups in total. The van der Waals surface area contributed by atoms with Crippen molar-refractivity contribution in [3.05, 3.63) is 11.6 Å². The summed E-state index contributed by atoms with van der Waals surface area (Å²) < 4.78 is 9.74. The molecule has 70 valence electrons. The number of hydrogen-bond donors (Lipinski definition) is 0. The molecule has 1 heterocycles. The molecule has 0 aromatic rings. The lowest BCUT2D eigenvalue weighted by Gasteiger charge is -2.21. The Morgan fingerprint density at radius 2 is 2.62 bits per heavy atom. The van der Waals surface area contributed by atoms with Crippen molar-refractivity contribution in [2.45, 2.75) is 18.9 Å². The molecule has 0 amide bonds. The van der Waals surface area contributed by atoms with Crippen molar-refractivity contribution in [2.75, 3.05) is 13.7 Å². The van der Waals surface area contributed by atoms with Crippen LogP contribution in [0.3, 0.4) is 0 Å². The number of esters is 1. The van der Waals surface area contributed by atoms with E-state index < -0.39 is 6.10 Å². The van der Waals surface area contributed by atoms with Crippen molar-refractivity contribution in [2.24, 2.45) is 0 Å². The average molecular weight is 181 g/mol. The number of rotatable bonds is 1. The van der Waals surface area contributed by atoms with Gasteiger partial charge in [-0.05, 0) is 18.4 Å². The SMILES string of the molecule is COC(=O)C1CC/C(=C/C#N)CO1. The van der Waals surface area contributed by atoms with Crippen LogP contribution in [0.25, 0.3) is 0 Å². The van der Waals surface area contributed by atoms with Gasteiger partial charge in [-0.15, -0.1) is 0 Å². The topological polar surface area (TPSA) is 59.3 Å². The van der Waals surface area contributed by atoms with Crippen LogP contribution in [0, 0.1) is 11.3 Å². The second-order valence-electron chi connectivity index (χ2n) is 2.79. The van der Waals surface area contributed by atoms with Gasteiger partial charge in [-0.3, -0.25) is 0 Å². The summed E-state index contributed by atoms with van der Waals surface area (Å²) in [6.45, 7) is 0.354. The standard InChI is InChI=1S/C9H11NO3/c1-12-9(11)8-3-2-7(4-5-10)6-13-8/h4,8H,2-3,6H2,1H3/b7-4-. The van der Waals surface area contributed by atoms with Gasteiger partial charge in [0, 0.05) is 6.08 Å². The van der Waals surface area contributed by atoms with Crippen LogP contribution in [0.1, 0.15) is 12.8 Å². The Kier molecular flexibility index (Phi) is 3.47. The lowest BCUT2D eigenvalue weighted by Crippen LogP contribution is -2.30. The van der Waals surface area contributed by atoms with Gasteiger partial charge in [0.05, 0.1) is 19.8 Å². The van der Waals surface area contributed by atoms with Gasteiger partial charge in [-0.2, -0.15) is 5.26 Å². The lowest BCUT2D eigenvalue weighted by molar-refractivity contribution is -0.155. The van der Waals surface area contributed by atoms with Crippen LogP contribution in [0.2, 0.25) is 0 Å². The fourth-order valence-electron chi connectivity index (χ4n) is 1.20. The van der Waals surface area contributed by atoms with E-state index in [1.165, 1.54) is 13.2 Å². The molecule has 4 heteroatoms. The molecule has 1 unspecified atom stereocenters. The van der Waals surface area contributed by atoms with E-state index in [0.717, 1.165) is 12.0 Å². The van der Waals surface area contributed by atoms with Crippen LogP contribution < -0.4 is 0 Å². The second kappa shape index (κ2) is 4.63. The number of nitrogens with zero attached hydrogens (tertiary/aromatic N) is 1. The van der Waals surface area contributed by atoms with E-state index in [0.29, 0.717) is 13.0 Å². The number of ether oxygens (including phenoxy) is 2. The fourth-order valence-corrected chi connectivity index (χ4v) is 1.20. The zero-order chi connectivity index (χ0) is 9.68. The first-order valence-corrected chi connectivity index (χ1v) is 4.05. The van der Waals surface area contributed by atoms with E-state index in [9.17, 15) is 4.79 Å². The molecule has 0 saturated carbocycles. The average Bonchev–Trinajstić information content (AvgIpc) is 2.18. The summed E-state index contributed by atoms with van der Waals surface area (Å²) in [6, 6.07) is 1.94. The molecular weight excluding hydrogens is 170 g/mol. The molecule has 1 rings (SSSR count). The summed E-state index contributed by atoms with van der Waals surface area (Å²) >= 11 is 0. The maximum atomic E-state index is 11.0. The molecule has 0 bridgehead atoms. The van der Waals surface area contributed by atoms with E-state index in [4.69, 9.17) is 10.00 Å². The first-order chi connectivity index (χ1) is 6.27. The molecule has 1 fully saturated rings.